The Morgan fingerprint density at radius 1 is 1.00 bits per heavy atom. The maximum absolute atomic E-state index is 14.7. The molecule has 2 aliphatic heterocycles. The van der Waals surface area contributed by atoms with Gasteiger partial charge in [0.25, 0.3) is 5.69 Å². The summed E-state index contributed by atoms with van der Waals surface area (Å²) in [6, 6.07) is 10.8. The highest BCUT2D eigenvalue weighted by Crippen LogP contribution is 2.37. The second kappa shape index (κ2) is 6.92. The average molecular weight is 357 g/mol. The van der Waals surface area contributed by atoms with Crippen molar-refractivity contribution in [1.82, 2.24) is 0 Å². The van der Waals surface area contributed by atoms with Gasteiger partial charge in [0.05, 0.1) is 29.9 Å². The van der Waals surface area contributed by atoms with Crippen LogP contribution in [0.15, 0.2) is 36.4 Å². The van der Waals surface area contributed by atoms with Crippen LogP contribution in [-0.4, -0.2) is 37.8 Å². The van der Waals surface area contributed by atoms with Crippen molar-refractivity contribution >= 4 is 17.1 Å². The molecule has 0 unspecified atom stereocenters. The summed E-state index contributed by atoms with van der Waals surface area (Å²) >= 11 is 0. The largest absolute Gasteiger partial charge is 0.378 e. The first-order valence-electron chi connectivity index (χ1n) is 8.76. The number of nitro groups is 1. The number of fused-ring (bicyclic) bond motifs is 1. The van der Waals surface area contributed by atoms with Gasteiger partial charge in [0.1, 0.15) is 5.69 Å². The molecule has 6 nitrogen and oxygen atoms in total. The van der Waals surface area contributed by atoms with Gasteiger partial charge in [-0.1, -0.05) is 24.3 Å². The number of benzene rings is 2. The first-order valence-corrected chi connectivity index (χ1v) is 8.76. The highest BCUT2D eigenvalue weighted by molar-refractivity contribution is 5.71. The minimum absolute atomic E-state index is 0.189. The van der Waals surface area contributed by atoms with Crippen molar-refractivity contribution in [2.24, 2.45) is 0 Å². The lowest BCUT2D eigenvalue weighted by atomic mass is 9.99. The number of hydrogen-bond donors (Lipinski definition) is 0. The normalized spacial score (nSPS) is 17.1. The van der Waals surface area contributed by atoms with Gasteiger partial charge < -0.3 is 14.5 Å². The zero-order chi connectivity index (χ0) is 18.1. The summed E-state index contributed by atoms with van der Waals surface area (Å²) < 4.78 is 20.1. The average Bonchev–Trinajstić information content (AvgIpc) is 2.68. The summed E-state index contributed by atoms with van der Waals surface area (Å²) in [6.45, 7) is 3.45. The second-order valence-corrected chi connectivity index (χ2v) is 6.59. The number of ether oxygens (including phenoxy) is 1. The highest BCUT2D eigenvalue weighted by Gasteiger charge is 2.27. The molecule has 2 heterocycles. The van der Waals surface area contributed by atoms with E-state index in [0.29, 0.717) is 50.8 Å². The number of anilines is 2. The van der Waals surface area contributed by atoms with Gasteiger partial charge >= 0.3 is 0 Å². The van der Waals surface area contributed by atoms with E-state index in [4.69, 9.17) is 4.74 Å². The predicted molar refractivity (Wildman–Crippen MR) is 97.3 cm³/mol. The number of hydrogen-bond acceptors (Lipinski definition) is 5. The molecular weight excluding hydrogens is 337 g/mol. The lowest BCUT2D eigenvalue weighted by Gasteiger charge is -2.33. The SMILES string of the molecule is O=[N+]([O-])c1cc(F)c(N2CCc3ccccc3C2)cc1N1CCOCC1. The molecule has 0 amide bonds. The van der Waals surface area contributed by atoms with E-state index < -0.39 is 10.7 Å². The van der Waals surface area contributed by atoms with E-state index in [1.54, 1.807) is 6.07 Å². The summed E-state index contributed by atoms with van der Waals surface area (Å²) in [5, 5.41) is 11.4. The van der Waals surface area contributed by atoms with Gasteiger partial charge in [-0.15, -0.1) is 0 Å². The molecule has 0 aromatic heterocycles. The summed E-state index contributed by atoms with van der Waals surface area (Å²) in [4.78, 5) is 14.8. The van der Waals surface area contributed by atoms with Crippen LogP contribution >= 0.6 is 0 Å². The number of halogens is 1. The fraction of sp³-hybridized carbons (Fsp3) is 0.368. The molecule has 2 aromatic rings. The van der Waals surface area contributed by atoms with Crippen molar-refractivity contribution in [2.45, 2.75) is 13.0 Å². The molecule has 4 rings (SSSR count). The Morgan fingerprint density at radius 2 is 1.73 bits per heavy atom. The molecule has 26 heavy (non-hydrogen) atoms. The van der Waals surface area contributed by atoms with Crippen LogP contribution in [0.5, 0.6) is 0 Å². The fourth-order valence-corrected chi connectivity index (χ4v) is 3.69. The maximum Gasteiger partial charge on any atom is 0.295 e. The molecule has 0 spiro atoms. The predicted octanol–water partition coefficient (Wildman–Crippen LogP) is 3.13. The van der Waals surface area contributed by atoms with E-state index in [9.17, 15) is 14.5 Å². The summed E-state index contributed by atoms with van der Waals surface area (Å²) in [5.41, 5.74) is 3.15. The van der Waals surface area contributed by atoms with Gasteiger partial charge in [-0.05, 0) is 23.6 Å². The van der Waals surface area contributed by atoms with Crippen LogP contribution in [0.25, 0.3) is 0 Å². The first kappa shape index (κ1) is 16.8. The van der Waals surface area contributed by atoms with Crippen molar-refractivity contribution in [3.8, 4) is 0 Å². The minimum atomic E-state index is -0.548. The smallest absolute Gasteiger partial charge is 0.295 e. The Balaban J connectivity index is 1.71. The van der Waals surface area contributed by atoms with E-state index >= 15 is 0 Å². The molecule has 136 valence electrons. The molecule has 0 saturated carbocycles. The van der Waals surface area contributed by atoms with Crippen molar-refractivity contribution in [2.75, 3.05) is 42.6 Å². The van der Waals surface area contributed by atoms with Crippen LogP contribution in [0.2, 0.25) is 0 Å². The molecule has 0 radical (unpaired) electrons. The molecule has 2 aromatic carbocycles. The van der Waals surface area contributed by atoms with Crippen LogP contribution in [0.1, 0.15) is 11.1 Å². The third kappa shape index (κ3) is 3.10. The molecule has 0 aliphatic carbocycles. The standard InChI is InChI=1S/C19H20FN3O3/c20-16-11-19(23(24)25)18(21-7-9-26-10-8-21)12-17(16)22-6-5-14-3-1-2-4-15(14)13-22/h1-4,11-12H,5-10,13H2. The van der Waals surface area contributed by atoms with Crippen LogP contribution in [0.4, 0.5) is 21.5 Å². The van der Waals surface area contributed by atoms with E-state index in [1.165, 1.54) is 11.1 Å². The van der Waals surface area contributed by atoms with E-state index in [1.807, 2.05) is 28.0 Å². The molecule has 1 fully saturated rings. The summed E-state index contributed by atoms with van der Waals surface area (Å²) in [6.07, 6.45) is 0.833. The maximum atomic E-state index is 14.7. The number of nitro benzene ring substituents is 1. The first-order chi connectivity index (χ1) is 12.6. The molecular formula is C19H20FN3O3. The molecule has 7 heteroatoms. The second-order valence-electron chi connectivity index (χ2n) is 6.59. The lowest BCUT2D eigenvalue weighted by molar-refractivity contribution is -0.384. The Labute approximate surface area is 150 Å². The summed E-state index contributed by atoms with van der Waals surface area (Å²) in [7, 11) is 0. The monoisotopic (exact) mass is 357 g/mol. The molecule has 0 N–H and O–H groups in total. The molecule has 0 atom stereocenters. The molecule has 0 bridgehead atoms. The van der Waals surface area contributed by atoms with Gasteiger partial charge in [0.15, 0.2) is 5.82 Å². The number of morpholine rings is 1. The van der Waals surface area contributed by atoms with E-state index in [-0.39, 0.29) is 5.69 Å². The molecule has 2 aliphatic rings. The number of rotatable bonds is 3. The summed E-state index contributed by atoms with van der Waals surface area (Å²) in [5.74, 6) is -0.548. The lowest BCUT2D eigenvalue weighted by Crippen LogP contribution is -2.37. The Kier molecular flexibility index (Phi) is 4.46. The Hall–Kier alpha value is -2.67. The van der Waals surface area contributed by atoms with Gasteiger partial charge in [0.2, 0.25) is 0 Å². The van der Waals surface area contributed by atoms with Crippen LogP contribution in [0.3, 0.4) is 0 Å². The minimum Gasteiger partial charge on any atom is -0.378 e. The van der Waals surface area contributed by atoms with E-state index in [0.717, 1.165) is 12.5 Å². The highest BCUT2D eigenvalue weighted by atomic mass is 19.1. The van der Waals surface area contributed by atoms with Gasteiger partial charge in [-0.25, -0.2) is 4.39 Å². The topological polar surface area (TPSA) is 58.9 Å². The quantitative estimate of drug-likeness (QED) is 0.624. The zero-order valence-electron chi connectivity index (χ0n) is 14.4. The van der Waals surface area contributed by atoms with Gasteiger partial charge in [-0.2, -0.15) is 0 Å². The fourth-order valence-electron chi connectivity index (χ4n) is 3.69. The van der Waals surface area contributed by atoms with E-state index in [2.05, 4.69) is 6.07 Å². The van der Waals surface area contributed by atoms with Crippen molar-refractivity contribution in [1.29, 1.82) is 0 Å². The van der Waals surface area contributed by atoms with Crippen LogP contribution in [-0.2, 0) is 17.7 Å². The molecule has 1 saturated heterocycles. The number of nitrogens with zero attached hydrogens (tertiary/aromatic N) is 3. The Morgan fingerprint density at radius 3 is 2.46 bits per heavy atom. The third-order valence-corrected chi connectivity index (χ3v) is 5.06. The van der Waals surface area contributed by atoms with Gasteiger partial charge in [-0.3, -0.25) is 10.1 Å². The zero-order valence-corrected chi connectivity index (χ0v) is 14.4. The van der Waals surface area contributed by atoms with Crippen molar-refractivity contribution < 1.29 is 14.1 Å². The van der Waals surface area contributed by atoms with Gasteiger partial charge in [0, 0.05) is 26.2 Å². The third-order valence-electron chi connectivity index (χ3n) is 5.06. The van der Waals surface area contributed by atoms with Crippen molar-refractivity contribution in [3.05, 3.63) is 63.5 Å². The van der Waals surface area contributed by atoms with Crippen LogP contribution < -0.4 is 9.80 Å². The van der Waals surface area contributed by atoms with Crippen molar-refractivity contribution in [3.63, 3.8) is 0 Å². The van der Waals surface area contributed by atoms with Crippen LogP contribution in [0, 0.1) is 15.9 Å². The Bertz CT molecular complexity index is 837.